The highest BCUT2D eigenvalue weighted by Gasteiger charge is 2.06. The van der Waals surface area contributed by atoms with Gasteiger partial charge in [-0.2, -0.15) is 0 Å². The summed E-state index contributed by atoms with van der Waals surface area (Å²) in [5.41, 5.74) is 1.35. The van der Waals surface area contributed by atoms with Crippen LogP contribution in [0.2, 0.25) is 0 Å². The van der Waals surface area contributed by atoms with Gasteiger partial charge in [0.2, 0.25) is 5.91 Å². The predicted octanol–water partition coefficient (Wildman–Crippen LogP) is 2.74. The van der Waals surface area contributed by atoms with Gasteiger partial charge in [-0.15, -0.1) is 0 Å². The highest BCUT2D eigenvalue weighted by Crippen LogP contribution is 2.07. The van der Waals surface area contributed by atoms with Gasteiger partial charge in [-0.05, 0) is 42.7 Å². The van der Waals surface area contributed by atoms with Crippen LogP contribution in [-0.2, 0) is 17.6 Å². The van der Waals surface area contributed by atoms with Crippen molar-refractivity contribution < 1.29 is 9.18 Å². The fourth-order valence-electron chi connectivity index (χ4n) is 2.80. The Morgan fingerprint density at radius 1 is 1.12 bits per heavy atom. The molecule has 0 bridgehead atoms. The van der Waals surface area contributed by atoms with Crippen molar-refractivity contribution in [2.24, 2.45) is 0 Å². The lowest BCUT2D eigenvalue weighted by Crippen LogP contribution is -2.25. The van der Waals surface area contributed by atoms with Gasteiger partial charge >= 0.3 is 0 Å². The second kappa shape index (κ2) is 8.38. The first-order chi connectivity index (χ1) is 12.6. The summed E-state index contributed by atoms with van der Waals surface area (Å²) in [6.45, 7) is 0.466. The number of halogens is 1. The standard InChI is InChI=1S/C20H20FN3O2/c21-15-6-3-5-14(13-15)11-12-22-19(25)10-4-9-18-23-17-8-2-1-7-16(17)20(26)24-18/h1-3,5-8,13H,4,9-12H2,(H,22,25)(H,23,24,26). The van der Waals surface area contributed by atoms with Crippen LogP contribution in [0.4, 0.5) is 4.39 Å². The summed E-state index contributed by atoms with van der Waals surface area (Å²) in [5, 5.41) is 3.39. The number of aryl methyl sites for hydroxylation is 1. The van der Waals surface area contributed by atoms with Crippen LogP contribution >= 0.6 is 0 Å². The zero-order chi connectivity index (χ0) is 18.4. The second-order valence-corrected chi connectivity index (χ2v) is 6.11. The van der Waals surface area contributed by atoms with E-state index in [-0.39, 0.29) is 17.3 Å². The maximum Gasteiger partial charge on any atom is 0.258 e. The number of aromatic nitrogens is 2. The number of benzene rings is 2. The zero-order valence-electron chi connectivity index (χ0n) is 14.3. The third kappa shape index (κ3) is 4.75. The van der Waals surface area contributed by atoms with Crippen LogP contribution in [0.25, 0.3) is 10.9 Å². The summed E-state index contributed by atoms with van der Waals surface area (Å²) in [5.74, 6) is 0.247. The Hall–Kier alpha value is -3.02. The van der Waals surface area contributed by atoms with Crippen molar-refractivity contribution in [3.05, 3.63) is 76.1 Å². The van der Waals surface area contributed by atoms with E-state index in [9.17, 15) is 14.0 Å². The largest absolute Gasteiger partial charge is 0.356 e. The highest BCUT2D eigenvalue weighted by molar-refractivity contribution is 5.77. The second-order valence-electron chi connectivity index (χ2n) is 6.11. The van der Waals surface area contributed by atoms with E-state index in [1.165, 1.54) is 12.1 Å². The molecule has 0 radical (unpaired) electrons. The summed E-state index contributed by atoms with van der Waals surface area (Å²) in [6, 6.07) is 13.5. The Balaban J connectivity index is 1.44. The molecular formula is C20H20FN3O2. The molecular weight excluding hydrogens is 333 g/mol. The molecule has 2 aromatic carbocycles. The van der Waals surface area contributed by atoms with Crippen LogP contribution in [0.3, 0.4) is 0 Å². The number of fused-ring (bicyclic) bond motifs is 1. The van der Waals surface area contributed by atoms with E-state index >= 15 is 0 Å². The number of para-hydroxylation sites is 1. The van der Waals surface area contributed by atoms with Crippen LogP contribution in [-0.4, -0.2) is 22.4 Å². The van der Waals surface area contributed by atoms with Crippen molar-refractivity contribution in [1.29, 1.82) is 0 Å². The number of H-pyrrole nitrogens is 1. The minimum absolute atomic E-state index is 0.0652. The number of carbonyl (C=O) groups excluding carboxylic acids is 1. The van der Waals surface area contributed by atoms with Crippen molar-refractivity contribution in [1.82, 2.24) is 15.3 Å². The fraction of sp³-hybridized carbons (Fsp3) is 0.250. The summed E-state index contributed by atoms with van der Waals surface area (Å²) in [6.07, 6.45) is 2.05. The Bertz CT molecular complexity index is 968. The molecule has 1 amide bonds. The molecule has 3 aromatic rings. The number of hydrogen-bond acceptors (Lipinski definition) is 3. The molecule has 1 heterocycles. The molecule has 1 aromatic heterocycles. The maximum absolute atomic E-state index is 13.1. The molecule has 0 aliphatic carbocycles. The lowest BCUT2D eigenvalue weighted by Gasteiger charge is -2.06. The van der Waals surface area contributed by atoms with E-state index < -0.39 is 0 Å². The molecule has 5 nitrogen and oxygen atoms in total. The molecule has 26 heavy (non-hydrogen) atoms. The SMILES string of the molecule is O=C(CCCc1nc2ccccc2c(=O)[nH]1)NCCc1cccc(F)c1. The van der Waals surface area contributed by atoms with E-state index in [4.69, 9.17) is 0 Å². The minimum atomic E-state index is -0.272. The van der Waals surface area contributed by atoms with E-state index in [1.54, 1.807) is 24.3 Å². The number of rotatable bonds is 7. The van der Waals surface area contributed by atoms with Gasteiger partial charge in [0.1, 0.15) is 11.6 Å². The van der Waals surface area contributed by atoms with E-state index in [0.29, 0.717) is 49.0 Å². The highest BCUT2D eigenvalue weighted by atomic mass is 19.1. The monoisotopic (exact) mass is 353 g/mol. The lowest BCUT2D eigenvalue weighted by molar-refractivity contribution is -0.121. The summed E-state index contributed by atoms with van der Waals surface area (Å²) in [4.78, 5) is 31.1. The summed E-state index contributed by atoms with van der Waals surface area (Å²) in [7, 11) is 0. The van der Waals surface area contributed by atoms with E-state index in [2.05, 4.69) is 15.3 Å². The first-order valence-corrected chi connectivity index (χ1v) is 8.61. The number of carbonyl (C=O) groups is 1. The number of nitrogens with zero attached hydrogens (tertiary/aromatic N) is 1. The summed E-state index contributed by atoms with van der Waals surface area (Å²) < 4.78 is 13.1. The zero-order valence-corrected chi connectivity index (χ0v) is 14.3. The van der Waals surface area contributed by atoms with Gasteiger partial charge in [-0.3, -0.25) is 9.59 Å². The van der Waals surface area contributed by atoms with E-state index in [1.807, 2.05) is 12.1 Å². The van der Waals surface area contributed by atoms with Crippen LogP contribution in [0.15, 0.2) is 53.3 Å². The third-order valence-corrected chi connectivity index (χ3v) is 4.10. The van der Waals surface area contributed by atoms with Crippen molar-refractivity contribution in [2.75, 3.05) is 6.54 Å². The van der Waals surface area contributed by atoms with Gasteiger partial charge in [-0.1, -0.05) is 24.3 Å². The Morgan fingerprint density at radius 3 is 2.81 bits per heavy atom. The minimum Gasteiger partial charge on any atom is -0.356 e. The number of aromatic amines is 1. The first-order valence-electron chi connectivity index (χ1n) is 8.61. The number of hydrogen-bond donors (Lipinski definition) is 2. The fourth-order valence-corrected chi connectivity index (χ4v) is 2.80. The molecule has 134 valence electrons. The van der Waals surface area contributed by atoms with Gasteiger partial charge in [0, 0.05) is 19.4 Å². The van der Waals surface area contributed by atoms with Crippen molar-refractivity contribution in [3.63, 3.8) is 0 Å². The molecule has 3 rings (SSSR count). The molecule has 6 heteroatoms. The van der Waals surface area contributed by atoms with Crippen LogP contribution in [0.5, 0.6) is 0 Å². The maximum atomic E-state index is 13.1. The van der Waals surface area contributed by atoms with Gasteiger partial charge in [0.05, 0.1) is 10.9 Å². The third-order valence-electron chi connectivity index (χ3n) is 4.10. The molecule has 0 fully saturated rings. The van der Waals surface area contributed by atoms with Gasteiger partial charge < -0.3 is 10.3 Å². The van der Waals surface area contributed by atoms with Crippen molar-refractivity contribution in [2.45, 2.75) is 25.7 Å². The molecule has 2 N–H and O–H groups in total. The van der Waals surface area contributed by atoms with Gasteiger partial charge in [0.15, 0.2) is 0 Å². The van der Waals surface area contributed by atoms with Crippen molar-refractivity contribution >= 4 is 16.8 Å². The van der Waals surface area contributed by atoms with E-state index in [0.717, 1.165) is 5.56 Å². The van der Waals surface area contributed by atoms with Gasteiger partial charge in [0.25, 0.3) is 5.56 Å². The molecule has 0 spiro atoms. The van der Waals surface area contributed by atoms with Crippen molar-refractivity contribution in [3.8, 4) is 0 Å². The molecule has 0 saturated heterocycles. The molecule has 0 aliphatic heterocycles. The lowest BCUT2D eigenvalue weighted by atomic mass is 10.1. The Labute approximate surface area is 150 Å². The van der Waals surface area contributed by atoms with Crippen LogP contribution in [0.1, 0.15) is 24.2 Å². The molecule has 0 unspecified atom stereocenters. The van der Waals surface area contributed by atoms with Crippen LogP contribution < -0.4 is 10.9 Å². The normalized spacial score (nSPS) is 10.8. The summed E-state index contributed by atoms with van der Waals surface area (Å²) >= 11 is 0. The average Bonchev–Trinajstić information content (AvgIpc) is 2.62. The average molecular weight is 353 g/mol. The molecule has 0 atom stereocenters. The first kappa shape index (κ1) is 17.8. The number of nitrogens with one attached hydrogen (secondary N) is 2. The Kier molecular flexibility index (Phi) is 5.73. The number of amides is 1. The smallest absolute Gasteiger partial charge is 0.258 e. The quantitative estimate of drug-likeness (QED) is 0.686. The van der Waals surface area contributed by atoms with Gasteiger partial charge in [-0.25, -0.2) is 9.37 Å². The topological polar surface area (TPSA) is 74.8 Å². The molecule has 0 saturated carbocycles. The molecule has 0 aliphatic rings. The van der Waals surface area contributed by atoms with Crippen LogP contribution in [0, 0.1) is 5.82 Å². The predicted molar refractivity (Wildman–Crippen MR) is 98.4 cm³/mol. The Morgan fingerprint density at radius 2 is 1.96 bits per heavy atom.